The fourth-order valence-corrected chi connectivity index (χ4v) is 0.948. The molecule has 1 aromatic rings. The van der Waals surface area contributed by atoms with Gasteiger partial charge in [0.25, 0.3) is 0 Å². The van der Waals surface area contributed by atoms with Gasteiger partial charge in [0.05, 0.1) is 0 Å². The molecule has 0 spiro atoms. The maximum absolute atomic E-state index is 12.3. The minimum absolute atomic E-state index is 0.263. The lowest BCUT2D eigenvalue weighted by Crippen LogP contribution is -2.15. The fraction of sp³-hybridized carbons (Fsp3) is 0.533. The predicted molar refractivity (Wildman–Crippen MR) is 76.3 cm³/mol. The van der Waals surface area contributed by atoms with Crippen molar-refractivity contribution in [3.8, 4) is 0 Å². The summed E-state index contributed by atoms with van der Waals surface area (Å²) < 4.78 is 24.4. The van der Waals surface area contributed by atoms with E-state index in [4.69, 9.17) is 0 Å². The molecular formula is C15H25F2NO. The van der Waals surface area contributed by atoms with Crippen LogP contribution in [0, 0.1) is 18.6 Å². The highest BCUT2D eigenvalue weighted by atomic mass is 19.1. The average Bonchev–Trinajstić information content (AvgIpc) is 2.35. The van der Waals surface area contributed by atoms with Crippen LogP contribution in [0.3, 0.4) is 0 Å². The summed E-state index contributed by atoms with van der Waals surface area (Å²) in [7, 11) is 3.92. The highest BCUT2D eigenvalue weighted by molar-refractivity contribution is 5.75. The number of halogens is 2. The van der Waals surface area contributed by atoms with E-state index in [9.17, 15) is 13.6 Å². The van der Waals surface area contributed by atoms with E-state index in [0.717, 1.165) is 12.6 Å². The Morgan fingerprint density at radius 3 is 2.00 bits per heavy atom. The third-order valence-electron chi connectivity index (χ3n) is 2.04. The van der Waals surface area contributed by atoms with Gasteiger partial charge in [-0.25, -0.2) is 8.78 Å². The zero-order valence-electron chi connectivity index (χ0n) is 12.8. The summed E-state index contributed by atoms with van der Waals surface area (Å²) in [5.74, 6) is -0.758. The van der Waals surface area contributed by atoms with Crippen LogP contribution in [0.15, 0.2) is 18.2 Å². The number of carbonyl (C=O) groups is 1. The van der Waals surface area contributed by atoms with E-state index in [2.05, 4.69) is 0 Å². The van der Waals surface area contributed by atoms with Crippen molar-refractivity contribution in [2.75, 3.05) is 20.6 Å². The SMILES string of the molecule is CC.CC(=O)CCN(C)C.Cc1ccc(F)cc1F. The van der Waals surface area contributed by atoms with Gasteiger partial charge in [-0.3, -0.25) is 4.79 Å². The van der Waals surface area contributed by atoms with E-state index in [1.807, 2.05) is 32.8 Å². The van der Waals surface area contributed by atoms with Crippen LogP contribution in [0.1, 0.15) is 32.8 Å². The number of ketones is 1. The van der Waals surface area contributed by atoms with Gasteiger partial charge >= 0.3 is 0 Å². The van der Waals surface area contributed by atoms with Crippen molar-refractivity contribution in [2.24, 2.45) is 0 Å². The van der Waals surface area contributed by atoms with Crippen LogP contribution in [0.25, 0.3) is 0 Å². The summed E-state index contributed by atoms with van der Waals surface area (Å²) in [5, 5.41) is 0. The number of carbonyl (C=O) groups excluding carboxylic acids is 1. The maximum Gasteiger partial charge on any atom is 0.131 e. The smallest absolute Gasteiger partial charge is 0.131 e. The molecule has 110 valence electrons. The molecule has 0 atom stereocenters. The molecule has 1 aromatic carbocycles. The molecule has 0 aliphatic rings. The fourth-order valence-electron chi connectivity index (χ4n) is 0.948. The standard InChI is InChI=1S/C7H6F2.C6H13NO.C2H6/c1-5-2-3-6(8)4-7(5)9;1-6(8)4-5-7(2)3;1-2/h2-4H,1H3;4-5H2,1-3H3;1-2H3. The number of benzene rings is 1. The molecule has 0 N–H and O–H groups in total. The number of hydrogen-bond donors (Lipinski definition) is 0. The van der Waals surface area contributed by atoms with Crippen molar-refractivity contribution in [1.29, 1.82) is 0 Å². The first-order valence-electron chi connectivity index (χ1n) is 6.38. The monoisotopic (exact) mass is 273 g/mol. The molecule has 0 heterocycles. The first kappa shape index (κ1) is 20.0. The van der Waals surface area contributed by atoms with Crippen molar-refractivity contribution >= 4 is 5.78 Å². The van der Waals surface area contributed by atoms with Gasteiger partial charge in [0.2, 0.25) is 0 Å². The first-order valence-corrected chi connectivity index (χ1v) is 6.38. The molecule has 19 heavy (non-hydrogen) atoms. The number of nitrogens with zero attached hydrogens (tertiary/aromatic N) is 1. The Kier molecular flexibility index (Phi) is 12.4. The Bertz CT molecular complexity index is 365. The number of Topliss-reactive ketones (excluding diaryl/α,β-unsaturated/α-hetero) is 1. The van der Waals surface area contributed by atoms with Crippen LogP contribution in [0.5, 0.6) is 0 Å². The lowest BCUT2D eigenvalue weighted by atomic mass is 10.2. The molecule has 0 aromatic heterocycles. The summed E-state index contributed by atoms with van der Waals surface area (Å²) in [5.41, 5.74) is 0.469. The van der Waals surface area contributed by atoms with Crippen LogP contribution in [0.4, 0.5) is 8.78 Å². The van der Waals surface area contributed by atoms with E-state index in [1.54, 1.807) is 13.8 Å². The Morgan fingerprint density at radius 2 is 1.74 bits per heavy atom. The highest BCUT2D eigenvalue weighted by Crippen LogP contribution is 2.06. The molecule has 0 radical (unpaired) electrons. The Morgan fingerprint density at radius 1 is 1.21 bits per heavy atom. The van der Waals surface area contributed by atoms with E-state index in [-0.39, 0.29) is 5.78 Å². The van der Waals surface area contributed by atoms with Gasteiger partial charge in [-0.05, 0) is 39.6 Å². The molecular weight excluding hydrogens is 248 g/mol. The molecule has 1 rings (SSSR count). The molecule has 0 fully saturated rings. The van der Waals surface area contributed by atoms with Gasteiger partial charge in [0, 0.05) is 19.0 Å². The van der Waals surface area contributed by atoms with Crippen LogP contribution >= 0.6 is 0 Å². The van der Waals surface area contributed by atoms with E-state index in [0.29, 0.717) is 12.0 Å². The molecule has 4 heteroatoms. The third kappa shape index (κ3) is 12.9. The molecule has 0 saturated heterocycles. The second kappa shape index (κ2) is 11.8. The number of rotatable bonds is 3. The molecule has 2 nitrogen and oxygen atoms in total. The van der Waals surface area contributed by atoms with Crippen LogP contribution < -0.4 is 0 Å². The zero-order valence-corrected chi connectivity index (χ0v) is 12.8. The summed E-state index contributed by atoms with van der Waals surface area (Å²) >= 11 is 0. The second-order valence-corrected chi connectivity index (χ2v) is 4.15. The van der Waals surface area contributed by atoms with Gasteiger partial charge in [-0.1, -0.05) is 19.9 Å². The van der Waals surface area contributed by atoms with Gasteiger partial charge in [-0.2, -0.15) is 0 Å². The van der Waals surface area contributed by atoms with Crippen molar-refractivity contribution in [2.45, 2.75) is 34.1 Å². The first-order chi connectivity index (χ1) is 8.82. The maximum atomic E-state index is 12.3. The molecule has 0 saturated carbocycles. The van der Waals surface area contributed by atoms with Gasteiger partial charge in [0.1, 0.15) is 17.4 Å². The minimum Gasteiger partial charge on any atom is -0.309 e. The molecule has 0 bridgehead atoms. The molecule has 0 aliphatic heterocycles. The van der Waals surface area contributed by atoms with Gasteiger partial charge < -0.3 is 4.90 Å². The topological polar surface area (TPSA) is 20.3 Å². The Labute approximate surface area is 115 Å². The summed E-state index contributed by atoms with van der Waals surface area (Å²) in [6.45, 7) is 8.08. The Balaban J connectivity index is 0. The molecule has 0 unspecified atom stereocenters. The minimum atomic E-state index is -0.530. The van der Waals surface area contributed by atoms with Crippen molar-refractivity contribution in [3.05, 3.63) is 35.4 Å². The Hall–Kier alpha value is -1.29. The predicted octanol–water partition coefficient (Wildman–Crippen LogP) is 3.83. The molecule has 0 aliphatic carbocycles. The lowest BCUT2D eigenvalue weighted by Gasteiger charge is -2.05. The third-order valence-corrected chi connectivity index (χ3v) is 2.04. The zero-order chi connectivity index (χ0) is 15.4. The van der Waals surface area contributed by atoms with Crippen molar-refractivity contribution in [3.63, 3.8) is 0 Å². The quantitative estimate of drug-likeness (QED) is 0.834. The van der Waals surface area contributed by atoms with Crippen LogP contribution in [-0.4, -0.2) is 31.3 Å². The van der Waals surface area contributed by atoms with E-state index >= 15 is 0 Å². The average molecular weight is 273 g/mol. The second-order valence-electron chi connectivity index (χ2n) is 4.15. The summed E-state index contributed by atoms with van der Waals surface area (Å²) in [6, 6.07) is 3.51. The van der Waals surface area contributed by atoms with E-state index in [1.165, 1.54) is 12.1 Å². The summed E-state index contributed by atoms with van der Waals surface area (Å²) in [4.78, 5) is 12.3. The largest absolute Gasteiger partial charge is 0.309 e. The van der Waals surface area contributed by atoms with Crippen molar-refractivity contribution < 1.29 is 13.6 Å². The normalized spacial score (nSPS) is 9.11. The van der Waals surface area contributed by atoms with Crippen LogP contribution in [-0.2, 0) is 4.79 Å². The number of hydrogen-bond acceptors (Lipinski definition) is 2. The van der Waals surface area contributed by atoms with E-state index < -0.39 is 11.6 Å². The summed E-state index contributed by atoms with van der Waals surface area (Å²) in [6.07, 6.45) is 0.674. The van der Waals surface area contributed by atoms with Crippen molar-refractivity contribution in [1.82, 2.24) is 4.90 Å². The highest BCUT2D eigenvalue weighted by Gasteiger charge is 1.95. The van der Waals surface area contributed by atoms with Gasteiger partial charge in [-0.15, -0.1) is 0 Å². The van der Waals surface area contributed by atoms with Gasteiger partial charge in [0.15, 0.2) is 0 Å². The lowest BCUT2D eigenvalue weighted by molar-refractivity contribution is -0.117. The number of aryl methyl sites for hydroxylation is 1. The molecule has 0 amide bonds. The van der Waals surface area contributed by atoms with Crippen LogP contribution in [0.2, 0.25) is 0 Å².